The summed E-state index contributed by atoms with van der Waals surface area (Å²) in [6.45, 7) is 0. The average molecular weight is 335 g/mol. The van der Waals surface area contributed by atoms with E-state index < -0.39 is 0 Å². The predicted molar refractivity (Wildman–Crippen MR) is 87.2 cm³/mol. The Morgan fingerprint density at radius 1 is 1.08 bits per heavy atom. The maximum atomic E-state index is 12.6. The summed E-state index contributed by atoms with van der Waals surface area (Å²) in [6, 6.07) is 9.94. The SMILES string of the molecule is [O-]c1nn2c[n+](-c3ccccc3)nc2c2nnn(C3CCCCC3)c12. The molecule has 4 aromatic rings. The van der Waals surface area contributed by atoms with Gasteiger partial charge in [-0.25, -0.2) is 4.68 Å². The van der Waals surface area contributed by atoms with E-state index in [1.54, 1.807) is 15.7 Å². The van der Waals surface area contributed by atoms with Gasteiger partial charge in [-0.3, -0.25) is 0 Å². The van der Waals surface area contributed by atoms with Crippen LogP contribution in [0, 0.1) is 0 Å². The van der Waals surface area contributed by atoms with Gasteiger partial charge in [-0.05, 0) is 30.1 Å². The average Bonchev–Trinajstić information content (AvgIpc) is 3.28. The van der Waals surface area contributed by atoms with E-state index in [9.17, 15) is 5.11 Å². The molecule has 126 valence electrons. The standard InChI is InChI=1S/C17H17N7O/c25-17-15-14(18-21-24(15)13-9-5-2-6-10-13)16-19-22(11-23(16)20-17)12-7-3-1-4-8-12/h1,3-4,7-8,11,13H,2,5-6,9-10H2. The fourth-order valence-electron chi connectivity index (χ4n) is 3.64. The van der Waals surface area contributed by atoms with Crippen molar-refractivity contribution >= 4 is 16.7 Å². The van der Waals surface area contributed by atoms with Crippen molar-refractivity contribution in [2.45, 2.75) is 38.1 Å². The highest BCUT2D eigenvalue weighted by atomic mass is 16.3. The van der Waals surface area contributed by atoms with Crippen LogP contribution in [0.25, 0.3) is 22.4 Å². The lowest BCUT2D eigenvalue weighted by Crippen LogP contribution is -2.31. The van der Waals surface area contributed by atoms with Crippen LogP contribution >= 0.6 is 0 Å². The van der Waals surface area contributed by atoms with E-state index in [1.165, 1.54) is 10.9 Å². The van der Waals surface area contributed by atoms with Gasteiger partial charge in [0.2, 0.25) is 0 Å². The Morgan fingerprint density at radius 3 is 2.68 bits per heavy atom. The maximum Gasteiger partial charge on any atom is 0.316 e. The molecule has 3 heterocycles. The highest BCUT2D eigenvalue weighted by Crippen LogP contribution is 2.32. The molecule has 0 radical (unpaired) electrons. The van der Waals surface area contributed by atoms with Crippen molar-refractivity contribution in [1.29, 1.82) is 0 Å². The van der Waals surface area contributed by atoms with Gasteiger partial charge >= 0.3 is 5.65 Å². The zero-order valence-electron chi connectivity index (χ0n) is 13.6. The van der Waals surface area contributed by atoms with Gasteiger partial charge < -0.3 is 5.11 Å². The van der Waals surface area contributed by atoms with Gasteiger partial charge in [-0.1, -0.05) is 57.0 Å². The quantitative estimate of drug-likeness (QED) is 0.516. The van der Waals surface area contributed by atoms with E-state index in [0.717, 1.165) is 31.4 Å². The van der Waals surface area contributed by atoms with Crippen LogP contribution in [0.5, 0.6) is 5.88 Å². The zero-order valence-corrected chi connectivity index (χ0v) is 13.6. The number of rotatable bonds is 2. The number of fused-ring (bicyclic) bond motifs is 3. The van der Waals surface area contributed by atoms with Crippen molar-refractivity contribution in [1.82, 2.24) is 29.7 Å². The highest BCUT2D eigenvalue weighted by molar-refractivity contribution is 5.89. The first kappa shape index (κ1) is 14.3. The Bertz CT molecular complexity index is 1050. The Morgan fingerprint density at radius 2 is 1.88 bits per heavy atom. The van der Waals surface area contributed by atoms with E-state index in [4.69, 9.17) is 0 Å². The van der Waals surface area contributed by atoms with E-state index in [0.29, 0.717) is 16.7 Å². The number of para-hydroxylation sites is 1. The summed E-state index contributed by atoms with van der Waals surface area (Å²) in [5.41, 5.74) is 2.42. The zero-order chi connectivity index (χ0) is 16.8. The van der Waals surface area contributed by atoms with Crippen LogP contribution in [-0.2, 0) is 0 Å². The molecular formula is C17H17N7O. The fraction of sp³-hybridized carbons (Fsp3) is 0.353. The smallest absolute Gasteiger partial charge is 0.316 e. The molecule has 0 amide bonds. The largest absolute Gasteiger partial charge is 0.854 e. The van der Waals surface area contributed by atoms with Crippen LogP contribution in [0.2, 0.25) is 0 Å². The fourth-order valence-corrected chi connectivity index (χ4v) is 3.64. The number of nitrogens with zero attached hydrogens (tertiary/aromatic N) is 7. The molecule has 8 nitrogen and oxygen atoms in total. The number of hydrogen-bond donors (Lipinski definition) is 0. The summed E-state index contributed by atoms with van der Waals surface area (Å²) in [5, 5.41) is 29.9. The number of benzene rings is 1. The lowest BCUT2D eigenvalue weighted by atomic mass is 9.95. The van der Waals surface area contributed by atoms with Gasteiger partial charge in [0, 0.05) is 0 Å². The third-order valence-electron chi connectivity index (χ3n) is 4.89. The molecule has 1 aromatic carbocycles. The minimum Gasteiger partial charge on any atom is -0.854 e. The van der Waals surface area contributed by atoms with Crippen LogP contribution in [0.4, 0.5) is 0 Å². The molecule has 1 fully saturated rings. The first-order valence-corrected chi connectivity index (χ1v) is 8.60. The van der Waals surface area contributed by atoms with Crippen molar-refractivity contribution in [2.75, 3.05) is 0 Å². The number of hydrogen-bond acceptors (Lipinski definition) is 5. The third kappa shape index (κ3) is 2.25. The van der Waals surface area contributed by atoms with Gasteiger partial charge in [0.25, 0.3) is 6.33 Å². The summed E-state index contributed by atoms with van der Waals surface area (Å²) >= 11 is 0. The molecule has 1 saturated carbocycles. The highest BCUT2D eigenvalue weighted by Gasteiger charge is 2.24. The first-order chi connectivity index (χ1) is 12.3. The van der Waals surface area contributed by atoms with Crippen LogP contribution in [0.3, 0.4) is 0 Å². The van der Waals surface area contributed by atoms with Crippen LogP contribution < -0.4 is 9.79 Å². The summed E-state index contributed by atoms with van der Waals surface area (Å²) < 4.78 is 4.95. The minimum atomic E-state index is -0.310. The Balaban J connectivity index is 1.70. The molecule has 3 aromatic heterocycles. The van der Waals surface area contributed by atoms with E-state index in [1.807, 2.05) is 30.3 Å². The number of aromatic nitrogens is 7. The summed E-state index contributed by atoms with van der Waals surface area (Å²) in [4.78, 5) is 0. The lowest BCUT2D eigenvalue weighted by molar-refractivity contribution is -0.655. The van der Waals surface area contributed by atoms with Gasteiger partial charge in [-0.2, -0.15) is 0 Å². The van der Waals surface area contributed by atoms with E-state index in [2.05, 4.69) is 20.5 Å². The molecule has 1 aliphatic carbocycles. The minimum absolute atomic E-state index is 0.229. The lowest BCUT2D eigenvalue weighted by Gasteiger charge is -2.22. The molecule has 0 aliphatic heterocycles. The maximum absolute atomic E-state index is 12.6. The Hall–Kier alpha value is -3.03. The van der Waals surface area contributed by atoms with Crippen LogP contribution in [-0.4, -0.2) is 29.7 Å². The van der Waals surface area contributed by atoms with Crippen molar-refractivity contribution in [3.63, 3.8) is 0 Å². The first-order valence-electron chi connectivity index (χ1n) is 8.60. The monoisotopic (exact) mass is 335 g/mol. The topological polar surface area (TPSA) is 87.8 Å². The molecule has 0 bridgehead atoms. The molecule has 8 heteroatoms. The second kappa shape index (κ2) is 5.51. The molecule has 0 atom stereocenters. The van der Waals surface area contributed by atoms with Crippen molar-refractivity contribution in [3.05, 3.63) is 36.7 Å². The van der Waals surface area contributed by atoms with Gasteiger partial charge in [-0.15, -0.1) is 5.10 Å². The third-order valence-corrected chi connectivity index (χ3v) is 4.89. The van der Waals surface area contributed by atoms with Gasteiger partial charge in [0.1, 0.15) is 5.52 Å². The van der Waals surface area contributed by atoms with Gasteiger partial charge in [0.15, 0.2) is 11.2 Å². The summed E-state index contributed by atoms with van der Waals surface area (Å²) in [5.74, 6) is -0.310. The molecule has 0 N–H and O–H groups in total. The molecule has 5 rings (SSSR count). The Kier molecular flexibility index (Phi) is 3.16. The second-order valence-electron chi connectivity index (χ2n) is 6.49. The predicted octanol–water partition coefficient (Wildman–Crippen LogP) is 1.33. The molecule has 0 spiro atoms. The summed E-state index contributed by atoms with van der Waals surface area (Å²) in [6.07, 6.45) is 7.31. The summed E-state index contributed by atoms with van der Waals surface area (Å²) in [7, 11) is 0. The molecular weight excluding hydrogens is 318 g/mol. The van der Waals surface area contributed by atoms with Crippen molar-refractivity contribution in [2.24, 2.45) is 0 Å². The van der Waals surface area contributed by atoms with Crippen LogP contribution in [0.1, 0.15) is 38.1 Å². The van der Waals surface area contributed by atoms with E-state index >= 15 is 0 Å². The molecule has 0 saturated heterocycles. The molecule has 1 aliphatic rings. The van der Waals surface area contributed by atoms with Crippen molar-refractivity contribution < 1.29 is 9.79 Å². The van der Waals surface area contributed by atoms with Crippen molar-refractivity contribution in [3.8, 4) is 11.6 Å². The van der Waals surface area contributed by atoms with Gasteiger partial charge in [0.05, 0.1) is 11.9 Å². The Labute approximate surface area is 143 Å². The molecule has 25 heavy (non-hydrogen) atoms. The van der Waals surface area contributed by atoms with E-state index in [-0.39, 0.29) is 11.9 Å². The van der Waals surface area contributed by atoms with Crippen LogP contribution in [0.15, 0.2) is 36.7 Å². The second-order valence-corrected chi connectivity index (χ2v) is 6.49. The normalized spacial score (nSPS) is 16.0. The molecule has 0 unspecified atom stereocenters.